The number of rotatable bonds is 1. The van der Waals surface area contributed by atoms with Gasteiger partial charge < -0.3 is 10.6 Å². The van der Waals surface area contributed by atoms with Crippen molar-refractivity contribution >= 4 is 5.91 Å². The highest BCUT2D eigenvalue weighted by Crippen LogP contribution is 2.25. The molecule has 0 saturated carbocycles. The largest absolute Gasteiger partial charge is 0.356 e. The fourth-order valence-corrected chi connectivity index (χ4v) is 2.44. The third-order valence-electron chi connectivity index (χ3n) is 3.31. The average molecular weight is 182 g/mol. The first-order valence-corrected chi connectivity index (χ1v) is 5.33. The Bertz CT molecular complexity index is 177. The lowest BCUT2D eigenvalue weighted by molar-refractivity contribution is -0.123. The molecule has 0 aromatic rings. The van der Waals surface area contributed by atoms with Crippen LogP contribution in [-0.2, 0) is 4.79 Å². The van der Waals surface area contributed by atoms with E-state index in [1.165, 1.54) is 19.4 Å². The summed E-state index contributed by atoms with van der Waals surface area (Å²) in [6.45, 7) is 3.24. The molecule has 0 aromatic carbocycles. The highest BCUT2D eigenvalue weighted by Gasteiger charge is 2.26. The van der Waals surface area contributed by atoms with Gasteiger partial charge in [-0.05, 0) is 44.2 Å². The molecule has 74 valence electrons. The Morgan fingerprint density at radius 2 is 2.00 bits per heavy atom. The monoisotopic (exact) mass is 182 g/mol. The van der Waals surface area contributed by atoms with E-state index in [-0.39, 0.29) is 5.91 Å². The van der Waals surface area contributed by atoms with Crippen molar-refractivity contribution in [2.75, 3.05) is 19.6 Å². The van der Waals surface area contributed by atoms with E-state index in [0.717, 1.165) is 37.8 Å². The maximum atomic E-state index is 11.0. The molecule has 0 bridgehead atoms. The Morgan fingerprint density at radius 1 is 1.15 bits per heavy atom. The van der Waals surface area contributed by atoms with E-state index in [9.17, 15) is 4.79 Å². The van der Waals surface area contributed by atoms with Crippen molar-refractivity contribution in [3.63, 3.8) is 0 Å². The van der Waals surface area contributed by atoms with Crippen molar-refractivity contribution < 1.29 is 4.79 Å². The molecule has 2 fully saturated rings. The zero-order chi connectivity index (χ0) is 9.10. The number of nitrogens with one attached hydrogen (secondary N) is 2. The van der Waals surface area contributed by atoms with Gasteiger partial charge in [0.25, 0.3) is 0 Å². The van der Waals surface area contributed by atoms with Crippen LogP contribution in [0.15, 0.2) is 0 Å². The van der Waals surface area contributed by atoms with Crippen molar-refractivity contribution in [1.82, 2.24) is 10.6 Å². The minimum Gasteiger partial charge on any atom is -0.356 e. The molecule has 3 heteroatoms. The minimum atomic E-state index is 0.236. The molecule has 3 nitrogen and oxygen atoms in total. The van der Waals surface area contributed by atoms with E-state index < -0.39 is 0 Å². The zero-order valence-electron chi connectivity index (χ0n) is 8.01. The fourth-order valence-electron chi connectivity index (χ4n) is 2.44. The molecule has 0 aliphatic carbocycles. The lowest BCUT2D eigenvalue weighted by Gasteiger charge is -2.33. The molecule has 2 aliphatic rings. The lowest BCUT2D eigenvalue weighted by Crippen LogP contribution is -2.42. The molecule has 1 amide bonds. The van der Waals surface area contributed by atoms with Gasteiger partial charge >= 0.3 is 0 Å². The van der Waals surface area contributed by atoms with Gasteiger partial charge in [-0.25, -0.2) is 0 Å². The number of carbonyl (C=O) groups excluding carboxylic acids is 1. The highest BCUT2D eigenvalue weighted by molar-refractivity contribution is 5.76. The van der Waals surface area contributed by atoms with Gasteiger partial charge in [-0.2, -0.15) is 0 Å². The second-order valence-corrected chi connectivity index (χ2v) is 4.21. The molecule has 2 aliphatic heterocycles. The summed E-state index contributed by atoms with van der Waals surface area (Å²) in [6, 6.07) is 0. The summed E-state index contributed by atoms with van der Waals surface area (Å²) in [5, 5.41) is 6.39. The summed E-state index contributed by atoms with van der Waals surface area (Å²) in [5.74, 6) is 1.76. The number of amides is 1. The van der Waals surface area contributed by atoms with Crippen molar-refractivity contribution in [1.29, 1.82) is 0 Å². The quantitative estimate of drug-likeness (QED) is 0.620. The van der Waals surface area contributed by atoms with Crippen LogP contribution in [0.25, 0.3) is 0 Å². The number of hydrogen-bond donors (Lipinski definition) is 2. The zero-order valence-corrected chi connectivity index (χ0v) is 8.01. The topological polar surface area (TPSA) is 41.1 Å². The maximum Gasteiger partial charge on any atom is 0.220 e. The van der Waals surface area contributed by atoms with E-state index in [1.54, 1.807) is 0 Å². The molecule has 2 heterocycles. The molecule has 2 saturated heterocycles. The Morgan fingerprint density at radius 3 is 2.62 bits per heavy atom. The number of carbonyl (C=O) groups is 1. The fraction of sp³-hybridized carbons (Fsp3) is 0.900. The number of piperidine rings is 2. The Kier molecular flexibility index (Phi) is 2.83. The average Bonchev–Trinajstić information content (AvgIpc) is 2.20. The first-order valence-electron chi connectivity index (χ1n) is 5.33. The van der Waals surface area contributed by atoms with Crippen LogP contribution in [0.2, 0.25) is 0 Å². The van der Waals surface area contributed by atoms with Crippen molar-refractivity contribution in [3.8, 4) is 0 Å². The summed E-state index contributed by atoms with van der Waals surface area (Å²) < 4.78 is 0. The molecule has 0 radical (unpaired) electrons. The van der Waals surface area contributed by atoms with E-state index >= 15 is 0 Å². The molecule has 2 atom stereocenters. The second-order valence-electron chi connectivity index (χ2n) is 4.21. The van der Waals surface area contributed by atoms with Crippen LogP contribution in [0.1, 0.15) is 25.7 Å². The standard InChI is InChI=1S/C10H18N2O/c13-10-4-3-9(7-12-10)8-2-1-5-11-6-8/h8-9,11H,1-7H2,(H,12,13). The predicted molar refractivity (Wildman–Crippen MR) is 51.3 cm³/mol. The van der Waals surface area contributed by atoms with Gasteiger partial charge in [-0.1, -0.05) is 0 Å². The Labute approximate surface area is 79.3 Å². The molecule has 0 aromatic heterocycles. The van der Waals surface area contributed by atoms with Crippen LogP contribution in [0, 0.1) is 11.8 Å². The highest BCUT2D eigenvalue weighted by atomic mass is 16.1. The Balaban J connectivity index is 1.82. The van der Waals surface area contributed by atoms with Crippen molar-refractivity contribution in [3.05, 3.63) is 0 Å². The number of hydrogen-bond acceptors (Lipinski definition) is 2. The lowest BCUT2D eigenvalue weighted by atomic mass is 9.82. The van der Waals surface area contributed by atoms with Gasteiger partial charge in [-0.3, -0.25) is 4.79 Å². The summed E-state index contributed by atoms with van der Waals surface area (Å²) >= 11 is 0. The molecule has 2 N–H and O–H groups in total. The molecule has 0 spiro atoms. The maximum absolute atomic E-state index is 11.0. The van der Waals surface area contributed by atoms with Crippen LogP contribution in [-0.4, -0.2) is 25.5 Å². The van der Waals surface area contributed by atoms with E-state index in [2.05, 4.69) is 10.6 Å². The van der Waals surface area contributed by atoms with Gasteiger partial charge in [-0.15, -0.1) is 0 Å². The van der Waals surface area contributed by atoms with Gasteiger partial charge in [0.05, 0.1) is 0 Å². The van der Waals surface area contributed by atoms with Crippen LogP contribution < -0.4 is 10.6 Å². The summed E-state index contributed by atoms with van der Waals surface area (Å²) in [5.41, 5.74) is 0. The van der Waals surface area contributed by atoms with Crippen molar-refractivity contribution in [2.24, 2.45) is 11.8 Å². The van der Waals surface area contributed by atoms with Crippen LogP contribution in [0.4, 0.5) is 0 Å². The van der Waals surface area contributed by atoms with Gasteiger partial charge in [0, 0.05) is 13.0 Å². The van der Waals surface area contributed by atoms with Crippen LogP contribution >= 0.6 is 0 Å². The van der Waals surface area contributed by atoms with E-state index in [1.807, 2.05) is 0 Å². The predicted octanol–water partition coefficient (Wildman–Crippen LogP) is 0.512. The van der Waals surface area contributed by atoms with Gasteiger partial charge in [0.2, 0.25) is 5.91 Å². The van der Waals surface area contributed by atoms with E-state index in [4.69, 9.17) is 0 Å². The summed E-state index contributed by atoms with van der Waals surface area (Å²) in [7, 11) is 0. The third-order valence-corrected chi connectivity index (χ3v) is 3.31. The Hall–Kier alpha value is -0.570. The molecule has 13 heavy (non-hydrogen) atoms. The third kappa shape index (κ3) is 2.21. The van der Waals surface area contributed by atoms with Crippen LogP contribution in [0.3, 0.4) is 0 Å². The van der Waals surface area contributed by atoms with Crippen LogP contribution in [0.5, 0.6) is 0 Å². The van der Waals surface area contributed by atoms with Gasteiger partial charge in [0.1, 0.15) is 0 Å². The molecule has 2 rings (SSSR count). The summed E-state index contributed by atoms with van der Waals surface area (Å²) in [6.07, 6.45) is 4.47. The van der Waals surface area contributed by atoms with Gasteiger partial charge in [0.15, 0.2) is 0 Å². The van der Waals surface area contributed by atoms with E-state index in [0.29, 0.717) is 0 Å². The normalized spacial score (nSPS) is 35.5. The summed E-state index contributed by atoms with van der Waals surface area (Å²) in [4.78, 5) is 11.0. The second kappa shape index (κ2) is 4.09. The molecular weight excluding hydrogens is 164 g/mol. The van der Waals surface area contributed by atoms with Crippen molar-refractivity contribution in [2.45, 2.75) is 25.7 Å². The smallest absolute Gasteiger partial charge is 0.220 e. The first kappa shape index (κ1) is 9.00. The molecule has 2 unspecified atom stereocenters. The first-order chi connectivity index (χ1) is 6.36. The minimum absolute atomic E-state index is 0.236. The molecular formula is C10H18N2O. The SMILES string of the molecule is O=C1CCC(C2CCCNC2)CN1.